The zero-order valence-corrected chi connectivity index (χ0v) is 17.1. The Morgan fingerprint density at radius 1 is 1.07 bits per heavy atom. The number of anilines is 1. The van der Waals surface area contributed by atoms with Gasteiger partial charge in [0.05, 0.1) is 11.1 Å². The molecule has 1 aliphatic rings. The Balaban J connectivity index is 1.52. The average molecular weight is 433 g/mol. The van der Waals surface area contributed by atoms with Crippen LogP contribution < -0.4 is 10.4 Å². The molecule has 2 aromatic carbocycles. The second kappa shape index (κ2) is 8.07. The van der Waals surface area contributed by atoms with E-state index in [0.717, 1.165) is 22.1 Å². The van der Waals surface area contributed by atoms with Gasteiger partial charge in [0.1, 0.15) is 4.88 Å². The van der Waals surface area contributed by atoms with Gasteiger partial charge in [-0.25, -0.2) is 18.9 Å². The fraction of sp³-hybridized carbons (Fsp3) is 0.263. The molecule has 0 unspecified atom stereocenters. The first kappa shape index (κ1) is 19.8. The summed E-state index contributed by atoms with van der Waals surface area (Å²) in [5.74, 6) is -0.607. The fourth-order valence-electron chi connectivity index (χ4n) is 3.37. The number of hydroxylamine groups is 1. The lowest BCUT2D eigenvalue weighted by atomic mass is 10.1. The van der Waals surface area contributed by atoms with Gasteiger partial charge >= 0.3 is 0 Å². The smallest absolute Gasteiger partial charge is 0.286 e. The Kier molecular flexibility index (Phi) is 5.50. The summed E-state index contributed by atoms with van der Waals surface area (Å²) in [7, 11) is -3.60. The van der Waals surface area contributed by atoms with Crippen molar-refractivity contribution in [3.05, 3.63) is 53.5 Å². The summed E-state index contributed by atoms with van der Waals surface area (Å²) < 4.78 is 27.9. The quantitative estimate of drug-likeness (QED) is 0.485. The molecular weight excluding hydrogens is 412 g/mol. The number of hydrogen-bond acceptors (Lipinski definition) is 7. The summed E-state index contributed by atoms with van der Waals surface area (Å²) in [6.45, 7) is 1.86. The molecule has 0 radical (unpaired) electrons. The number of amides is 1. The molecule has 1 fully saturated rings. The minimum absolute atomic E-state index is 0.292. The second-order valence-electron chi connectivity index (χ2n) is 6.70. The van der Waals surface area contributed by atoms with Crippen molar-refractivity contribution in [1.82, 2.24) is 14.8 Å². The molecule has 1 saturated heterocycles. The molecule has 152 valence electrons. The second-order valence-corrected chi connectivity index (χ2v) is 9.65. The monoisotopic (exact) mass is 432 g/mol. The van der Waals surface area contributed by atoms with E-state index in [1.54, 1.807) is 17.6 Å². The van der Waals surface area contributed by atoms with Crippen molar-refractivity contribution in [1.29, 1.82) is 0 Å². The normalized spacial score (nSPS) is 16.0. The van der Waals surface area contributed by atoms with E-state index in [4.69, 9.17) is 5.21 Å². The van der Waals surface area contributed by atoms with E-state index in [9.17, 15) is 13.2 Å². The summed E-state index contributed by atoms with van der Waals surface area (Å²) >= 11 is 1.16. The number of nitrogens with one attached hydrogen (secondary N) is 1. The van der Waals surface area contributed by atoms with E-state index < -0.39 is 15.9 Å². The maximum atomic E-state index is 13.2. The Morgan fingerprint density at radius 2 is 1.86 bits per heavy atom. The Labute approximate surface area is 172 Å². The van der Waals surface area contributed by atoms with E-state index in [0.29, 0.717) is 47.5 Å². The number of benzene rings is 2. The average Bonchev–Trinajstić information content (AvgIpc) is 3.10. The highest BCUT2D eigenvalue weighted by atomic mass is 32.2. The van der Waals surface area contributed by atoms with Gasteiger partial charge in [0, 0.05) is 26.2 Å². The predicted octanol–water partition coefficient (Wildman–Crippen LogP) is 2.32. The number of thiazole rings is 1. The molecular formula is C19H20N4O4S2. The molecule has 0 spiro atoms. The molecule has 8 nitrogen and oxygen atoms in total. The van der Waals surface area contributed by atoms with Crippen LogP contribution in [-0.2, 0) is 10.0 Å². The van der Waals surface area contributed by atoms with Crippen molar-refractivity contribution in [2.45, 2.75) is 11.3 Å². The van der Waals surface area contributed by atoms with Gasteiger partial charge < -0.3 is 4.90 Å². The number of aromatic nitrogens is 1. The van der Waals surface area contributed by atoms with Gasteiger partial charge in [-0.2, -0.15) is 4.31 Å². The molecule has 1 aromatic heterocycles. The molecule has 1 aliphatic heterocycles. The largest absolute Gasteiger partial charge is 0.347 e. The molecule has 3 aromatic rings. The van der Waals surface area contributed by atoms with Crippen LogP contribution >= 0.6 is 11.3 Å². The van der Waals surface area contributed by atoms with Crippen LogP contribution in [0.3, 0.4) is 0 Å². The lowest BCUT2D eigenvalue weighted by Crippen LogP contribution is -2.35. The van der Waals surface area contributed by atoms with Crippen LogP contribution in [0.15, 0.2) is 53.6 Å². The molecule has 29 heavy (non-hydrogen) atoms. The van der Waals surface area contributed by atoms with Crippen LogP contribution in [0.1, 0.15) is 16.1 Å². The van der Waals surface area contributed by atoms with Crippen LogP contribution in [0.2, 0.25) is 0 Å². The van der Waals surface area contributed by atoms with Gasteiger partial charge in [-0.1, -0.05) is 41.7 Å². The molecule has 10 heteroatoms. The summed E-state index contributed by atoms with van der Waals surface area (Å²) in [6, 6.07) is 12.9. The molecule has 0 bridgehead atoms. The van der Waals surface area contributed by atoms with Crippen molar-refractivity contribution in [2.75, 3.05) is 31.1 Å². The lowest BCUT2D eigenvalue weighted by molar-refractivity contribution is 0.0710. The molecule has 0 aliphatic carbocycles. The van der Waals surface area contributed by atoms with Crippen molar-refractivity contribution >= 4 is 43.2 Å². The first-order valence-corrected chi connectivity index (χ1v) is 11.4. The van der Waals surface area contributed by atoms with Crippen molar-refractivity contribution in [3.63, 3.8) is 0 Å². The molecule has 0 saturated carbocycles. The number of hydrogen-bond donors (Lipinski definition) is 2. The molecule has 2 heterocycles. The van der Waals surface area contributed by atoms with E-state index in [2.05, 4.69) is 4.98 Å². The minimum atomic E-state index is -3.60. The Morgan fingerprint density at radius 3 is 2.66 bits per heavy atom. The zero-order valence-electron chi connectivity index (χ0n) is 15.5. The van der Waals surface area contributed by atoms with E-state index in [1.165, 1.54) is 10.5 Å². The van der Waals surface area contributed by atoms with E-state index >= 15 is 0 Å². The number of carbonyl (C=O) groups excluding carboxylic acids is 1. The highest BCUT2D eigenvalue weighted by Gasteiger charge is 2.28. The highest BCUT2D eigenvalue weighted by Crippen LogP contribution is 2.26. The minimum Gasteiger partial charge on any atom is -0.347 e. The molecule has 4 rings (SSSR count). The maximum Gasteiger partial charge on any atom is 0.286 e. The first-order valence-electron chi connectivity index (χ1n) is 9.13. The number of sulfonamides is 1. The third-order valence-electron chi connectivity index (χ3n) is 4.90. The van der Waals surface area contributed by atoms with Gasteiger partial charge in [-0.05, 0) is 29.3 Å². The summed E-state index contributed by atoms with van der Waals surface area (Å²) in [5, 5.41) is 11.3. The van der Waals surface area contributed by atoms with Gasteiger partial charge in [0.2, 0.25) is 10.0 Å². The van der Waals surface area contributed by atoms with Crippen LogP contribution in [0.25, 0.3) is 10.8 Å². The molecule has 1 amide bonds. The van der Waals surface area contributed by atoms with Crippen molar-refractivity contribution in [2.24, 2.45) is 0 Å². The first-order chi connectivity index (χ1) is 14.0. The van der Waals surface area contributed by atoms with E-state index in [1.807, 2.05) is 35.2 Å². The number of carbonyl (C=O) groups is 1. The summed E-state index contributed by atoms with van der Waals surface area (Å²) in [4.78, 5) is 18.3. The third kappa shape index (κ3) is 3.97. The van der Waals surface area contributed by atoms with Crippen LogP contribution in [0.5, 0.6) is 0 Å². The van der Waals surface area contributed by atoms with E-state index in [-0.39, 0.29) is 0 Å². The fourth-order valence-corrected chi connectivity index (χ4v) is 5.74. The van der Waals surface area contributed by atoms with Crippen LogP contribution in [0, 0.1) is 0 Å². The number of fused-ring (bicyclic) bond motifs is 1. The van der Waals surface area contributed by atoms with Crippen molar-refractivity contribution in [3.8, 4) is 0 Å². The predicted molar refractivity (Wildman–Crippen MR) is 111 cm³/mol. The molecule has 0 atom stereocenters. The maximum absolute atomic E-state index is 13.2. The van der Waals surface area contributed by atoms with Gasteiger partial charge in [-0.15, -0.1) is 0 Å². The topological polar surface area (TPSA) is 103 Å². The van der Waals surface area contributed by atoms with Crippen LogP contribution in [0.4, 0.5) is 5.13 Å². The van der Waals surface area contributed by atoms with Gasteiger partial charge in [-0.3, -0.25) is 10.0 Å². The third-order valence-corrected chi connectivity index (χ3v) is 7.85. The SMILES string of the molecule is O=C(NO)c1cnc(N2CCCN(S(=O)(=O)c3ccc4ccccc4c3)CC2)s1. The standard InChI is InChI=1S/C19H20N4O4S2/c24-18(21-25)17-13-20-19(28-17)22-8-3-9-23(11-10-22)29(26,27)16-7-6-14-4-1-2-5-15(14)12-16/h1-2,4-7,12-13,25H,3,8-11H2,(H,21,24). The number of nitrogens with zero attached hydrogens (tertiary/aromatic N) is 3. The molecule has 2 N–H and O–H groups in total. The van der Waals surface area contributed by atoms with Gasteiger partial charge in [0.25, 0.3) is 5.91 Å². The van der Waals surface area contributed by atoms with Crippen molar-refractivity contribution < 1.29 is 18.4 Å². The van der Waals surface area contributed by atoms with Gasteiger partial charge in [0.15, 0.2) is 5.13 Å². The summed E-state index contributed by atoms with van der Waals surface area (Å²) in [5.41, 5.74) is 1.59. The van der Waals surface area contributed by atoms with Crippen LogP contribution in [-0.4, -0.2) is 55.0 Å². The number of rotatable bonds is 4. The Bertz CT molecular complexity index is 1150. The summed E-state index contributed by atoms with van der Waals surface area (Å²) in [6.07, 6.45) is 2.05. The highest BCUT2D eigenvalue weighted by molar-refractivity contribution is 7.89. The Hall–Kier alpha value is -2.53. The zero-order chi connectivity index (χ0) is 20.4. The lowest BCUT2D eigenvalue weighted by Gasteiger charge is -2.21.